The first-order chi connectivity index (χ1) is 5.54. The van der Waals surface area contributed by atoms with Gasteiger partial charge in [0.1, 0.15) is 0 Å². The molecule has 1 aliphatic carbocycles. The number of likely N-dealkylation sites (N-methyl/N-ethyl adjacent to an activating group) is 1. The molecule has 12 heavy (non-hydrogen) atoms. The maximum atomic E-state index is 5.37. The largest absolute Gasteiger partial charge is 0.370 e. The second kappa shape index (κ2) is 3.31. The van der Waals surface area contributed by atoms with E-state index < -0.39 is 0 Å². The molecule has 0 heterocycles. The highest BCUT2D eigenvalue weighted by molar-refractivity contribution is 5.76. The van der Waals surface area contributed by atoms with Crippen LogP contribution < -0.4 is 11.5 Å². The number of rotatable bonds is 3. The van der Waals surface area contributed by atoms with Crippen molar-refractivity contribution in [1.29, 1.82) is 0 Å². The van der Waals surface area contributed by atoms with Crippen molar-refractivity contribution in [3.8, 4) is 0 Å². The summed E-state index contributed by atoms with van der Waals surface area (Å²) in [6.07, 6.45) is 3.47. The van der Waals surface area contributed by atoms with Gasteiger partial charge in [-0.25, -0.2) is 4.99 Å². The normalized spacial score (nSPS) is 20.2. The molecule has 4 heteroatoms. The van der Waals surface area contributed by atoms with Gasteiger partial charge in [0, 0.05) is 6.54 Å². The molecule has 0 aromatic carbocycles. The molecule has 0 saturated heterocycles. The van der Waals surface area contributed by atoms with Gasteiger partial charge in [0.05, 0.1) is 5.54 Å². The molecule has 0 amide bonds. The minimum atomic E-state index is 0.0301. The second-order valence-corrected chi connectivity index (χ2v) is 3.85. The Morgan fingerprint density at radius 2 is 2.00 bits per heavy atom. The molecule has 0 spiro atoms. The predicted molar refractivity (Wildman–Crippen MR) is 50.9 cm³/mol. The second-order valence-electron chi connectivity index (χ2n) is 3.85. The summed E-state index contributed by atoms with van der Waals surface area (Å²) in [6.45, 7) is 0.949. The van der Waals surface area contributed by atoms with Crippen molar-refractivity contribution in [2.45, 2.75) is 24.8 Å². The Morgan fingerprint density at radius 3 is 2.25 bits per heavy atom. The molecular formula is C8H18N4. The summed E-state index contributed by atoms with van der Waals surface area (Å²) in [5, 5.41) is 0. The van der Waals surface area contributed by atoms with Gasteiger partial charge in [-0.3, -0.25) is 0 Å². The average molecular weight is 170 g/mol. The molecule has 0 aliphatic heterocycles. The standard InChI is InChI=1S/C8H18N4/c1-12(2)6-8(4-3-5-8)11-7(9)10/h3-6H2,1-2H3,(H4,9,10,11). The minimum Gasteiger partial charge on any atom is -0.370 e. The lowest BCUT2D eigenvalue weighted by Gasteiger charge is -2.40. The molecule has 1 rings (SSSR count). The van der Waals surface area contributed by atoms with Gasteiger partial charge in [0.15, 0.2) is 5.96 Å². The first-order valence-electron chi connectivity index (χ1n) is 4.30. The predicted octanol–water partition coefficient (Wildman–Crippen LogP) is -0.256. The van der Waals surface area contributed by atoms with Crippen LogP contribution >= 0.6 is 0 Å². The fourth-order valence-electron chi connectivity index (χ4n) is 1.75. The monoisotopic (exact) mass is 170 g/mol. The zero-order valence-electron chi connectivity index (χ0n) is 7.88. The molecule has 4 nitrogen and oxygen atoms in total. The van der Waals surface area contributed by atoms with Crippen molar-refractivity contribution < 1.29 is 0 Å². The Bertz CT molecular complexity index is 177. The Hall–Kier alpha value is -0.770. The molecule has 1 saturated carbocycles. The quantitative estimate of drug-likeness (QED) is 0.453. The number of nitrogens with zero attached hydrogens (tertiary/aromatic N) is 2. The summed E-state index contributed by atoms with van der Waals surface area (Å²) in [5.74, 6) is 0.219. The maximum absolute atomic E-state index is 5.37. The molecule has 1 aliphatic rings. The van der Waals surface area contributed by atoms with Crippen molar-refractivity contribution >= 4 is 5.96 Å². The van der Waals surface area contributed by atoms with Crippen LogP contribution in [0.25, 0.3) is 0 Å². The zero-order valence-corrected chi connectivity index (χ0v) is 7.88. The van der Waals surface area contributed by atoms with E-state index in [-0.39, 0.29) is 11.5 Å². The third kappa shape index (κ3) is 2.11. The Morgan fingerprint density at radius 1 is 1.42 bits per heavy atom. The molecule has 70 valence electrons. The van der Waals surface area contributed by atoms with Gasteiger partial charge in [-0.05, 0) is 33.4 Å². The Kier molecular flexibility index (Phi) is 2.57. The van der Waals surface area contributed by atoms with Gasteiger partial charge in [-0.15, -0.1) is 0 Å². The molecule has 0 atom stereocenters. The van der Waals surface area contributed by atoms with Crippen molar-refractivity contribution in [2.24, 2.45) is 16.5 Å². The van der Waals surface area contributed by atoms with E-state index in [1.54, 1.807) is 0 Å². The van der Waals surface area contributed by atoms with E-state index in [0.717, 1.165) is 19.4 Å². The SMILES string of the molecule is CN(C)CC1(N=C(N)N)CCC1. The summed E-state index contributed by atoms with van der Waals surface area (Å²) in [7, 11) is 4.09. The van der Waals surface area contributed by atoms with Crippen LogP contribution in [0.3, 0.4) is 0 Å². The highest BCUT2D eigenvalue weighted by atomic mass is 15.1. The summed E-state index contributed by atoms with van der Waals surface area (Å²) in [4.78, 5) is 6.42. The Labute approximate surface area is 73.6 Å². The van der Waals surface area contributed by atoms with E-state index in [1.807, 2.05) is 14.1 Å². The molecule has 0 unspecified atom stereocenters. The van der Waals surface area contributed by atoms with E-state index >= 15 is 0 Å². The van der Waals surface area contributed by atoms with Crippen LogP contribution in [0.2, 0.25) is 0 Å². The summed E-state index contributed by atoms with van der Waals surface area (Å²) < 4.78 is 0. The number of nitrogens with two attached hydrogens (primary N) is 2. The van der Waals surface area contributed by atoms with Crippen LogP contribution in [0.15, 0.2) is 4.99 Å². The van der Waals surface area contributed by atoms with Gasteiger partial charge < -0.3 is 16.4 Å². The lowest BCUT2D eigenvalue weighted by atomic mass is 9.77. The molecular weight excluding hydrogens is 152 g/mol. The van der Waals surface area contributed by atoms with E-state index in [0.29, 0.717) is 0 Å². The van der Waals surface area contributed by atoms with Crippen molar-refractivity contribution in [3.05, 3.63) is 0 Å². The number of guanidine groups is 1. The molecule has 4 N–H and O–H groups in total. The van der Waals surface area contributed by atoms with E-state index in [9.17, 15) is 0 Å². The van der Waals surface area contributed by atoms with Crippen LogP contribution in [0.5, 0.6) is 0 Å². The van der Waals surface area contributed by atoms with Crippen molar-refractivity contribution in [1.82, 2.24) is 4.90 Å². The van der Waals surface area contributed by atoms with Crippen LogP contribution in [0.4, 0.5) is 0 Å². The van der Waals surface area contributed by atoms with Crippen molar-refractivity contribution in [2.75, 3.05) is 20.6 Å². The van der Waals surface area contributed by atoms with E-state index in [2.05, 4.69) is 9.89 Å². The van der Waals surface area contributed by atoms with Gasteiger partial charge in [-0.2, -0.15) is 0 Å². The van der Waals surface area contributed by atoms with E-state index in [4.69, 9.17) is 11.5 Å². The summed E-state index contributed by atoms with van der Waals surface area (Å²) in [6, 6.07) is 0. The van der Waals surface area contributed by atoms with Crippen LogP contribution in [-0.2, 0) is 0 Å². The molecule has 0 aromatic heterocycles. The molecule has 0 radical (unpaired) electrons. The van der Waals surface area contributed by atoms with Gasteiger partial charge in [0.25, 0.3) is 0 Å². The minimum absolute atomic E-state index is 0.0301. The average Bonchev–Trinajstić information content (AvgIpc) is 1.80. The van der Waals surface area contributed by atoms with Gasteiger partial charge in [0.2, 0.25) is 0 Å². The topological polar surface area (TPSA) is 67.6 Å². The fourth-order valence-corrected chi connectivity index (χ4v) is 1.75. The Balaban J connectivity index is 2.57. The third-order valence-corrected chi connectivity index (χ3v) is 2.26. The maximum Gasteiger partial charge on any atom is 0.186 e. The smallest absolute Gasteiger partial charge is 0.186 e. The van der Waals surface area contributed by atoms with Crippen LogP contribution in [-0.4, -0.2) is 37.0 Å². The highest BCUT2D eigenvalue weighted by Gasteiger charge is 2.37. The fraction of sp³-hybridized carbons (Fsp3) is 0.875. The zero-order chi connectivity index (χ0) is 9.19. The van der Waals surface area contributed by atoms with Crippen molar-refractivity contribution in [3.63, 3.8) is 0 Å². The first kappa shape index (κ1) is 9.32. The molecule has 1 fully saturated rings. The van der Waals surface area contributed by atoms with Crippen LogP contribution in [0, 0.1) is 0 Å². The summed E-state index contributed by atoms with van der Waals surface area (Å²) >= 11 is 0. The van der Waals surface area contributed by atoms with Crippen LogP contribution in [0.1, 0.15) is 19.3 Å². The van der Waals surface area contributed by atoms with E-state index in [1.165, 1.54) is 6.42 Å². The van der Waals surface area contributed by atoms with Gasteiger partial charge >= 0.3 is 0 Å². The lowest BCUT2D eigenvalue weighted by Crippen LogP contribution is -2.46. The number of hydrogen-bond donors (Lipinski definition) is 2. The number of aliphatic imine (C=N–C) groups is 1. The van der Waals surface area contributed by atoms with Gasteiger partial charge in [-0.1, -0.05) is 0 Å². The molecule has 0 aromatic rings. The number of hydrogen-bond acceptors (Lipinski definition) is 2. The lowest BCUT2D eigenvalue weighted by molar-refractivity contribution is 0.186. The molecule has 0 bridgehead atoms. The highest BCUT2D eigenvalue weighted by Crippen LogP contribution is 2.35. The first-order valence-corrected chi connectivity index (χ1v) is 4.30. The summed E-state index contributed by atoms with van der Waals surface area (Å²) in [5.41, 5.74) is 10.8. The third-order valence-electron chi connectivity index (χ3n) is 2.26.